The number of carbonyl (C=O) groups is 1. The molecule has 0 spiro atoms. The van der Waals surface area contributed by atoms with E-state index in [-0.39, 0.29) is 17.0 Å². The predicted octanol–water partition coefficient (Wildman–Crippen LogP) is 6.57. The van der Waals surface area contributed by atoms with Crippen LogP contribution in [0.1, 0.15) is 21.5 Å². The van der Waals surface area contributed by atoms with Gasteiger partial charge in [-0.1, -0.05) is 17.7 Å². The Bertz CT molecular complexity index is 1270. The van der Waals surface area contributed by atoms with Crippen LogP contribution in [0.2, 0.25) is 5.02 Å². The molecule has 6 nitrogen and oxygen atoms in total. The number of anilines is 1. The third-order valence-corrected chi connectivity index (χ3v) is 4.31. The van der Waals surface area contributed by atoms with E-state index < -0.39 is 46.2 Å². The number of rotatable bonds is 5. The van der Waals surface area contributed by atoms with E-state index in [9.17, 15) is 31.1 Å². The van der Waals surface area contributed by atoms with Crippen molar-refractivity contribution < 1.29 is 40.6 Å². The number of nitriles is 1. The molecule has 1 aromatic heterocycles. The number of halogens is 7. The van der Waals surface area contributed by atoms with Crippen LogP contribution in [0.15, 0.2) is 54.7 Å². The molecule has 2 aromatic carbocycles. The van der Waals surface area contributed by atoms with Gasteiger partial charge in [0.1, 0.15) is 17.1 Å². The summed E-state index contributed by atoms with van der Waals surface area (Å²) < 4.78 is 85.7. The fourth-order valence-corrected chi connectivity index (χ4v) is 2.79. The zero-order valence-corrected chi connectivity index (χ0v) is 17.2. The third-order valence-electron chi connectivity index (χ3n) is 4.02. The molecule has 3 rings (SSSR count). The van der Waals surface area contributed by atoms with E-state index in [1.54, 1.807) is 0 Å². The number of benzene rings is 2. The molecule has 0 bridgehead atoms. The molecule has 0 atom stereocenters. The number of carbonyl (C=O) groups excluding carboxylic acids is 1. The smallest absolute Gasteiger partial charge is 0.437 e. The largest absolute Gasteiger partial charge is 0.573 e. The molecule has 1 N–H and O–H groups in total. The minimum absolute atomic E-state index is 0.110. The van der Waals surface area contributed by atoms with Gasteiger partial charge in [-0.25, -0.2) is 4.98 Å². The van der Waals surface area contributed by atoms with Crippen LogP contribution in [0.3, 0.4) is 0 Å². The second kappa shape index (κ2) is 9.48. The van der Waals surface area contributed by atoms with Crippen molar-refractivity contribution in [2.45, 2.75) is 12.5 Å². The number of nitrogens with one attached hydrogen (secondary N) is 1. The Balaban J connectivity index is 1.96. The van der Waals surface area contributed by atoms with Crippen LogP contribution in [0.25, 0.3) is 0 Å². The molecule has 1 amide bonds. The number of aromatic nitrogens is 1. The van der Waals surface area contributed by atoms with Gasteiger partial charge in [-0.2, -0.15) is 18.4 Å². The molecule has 13 heteroatoms. The number of nitrogens with zero attached hydrogens (tertiary/aromatic N) is 2. The van der Waals surface area contributed by atoms with Crippen molar-refractivity contribution in [1.29, 1.82) is 5.26 Å². The van der Waals surface area contributed by atoms with Crippen LogP contribution < -0.4 is 14.8 Å². The molecular weight excluding hydrogens is 492 g/mol. The molecule has 176 valence electrons. The summed E-state index contributed by atoms with van der Waals surface area (Å²) in [6.07, 6.45) is -9.40. The summed E-state index contributed by atoms with van der Waals surface area (Å²) in [5.41, 5.74) is -1.61. The number of hydrogen-bond acceptors (Lipinski definition) is 5. The topological polar surface area (TPSA) is 84.2 Å². The summed E-state index contributed by atoms with van der Waals surface area (Å²) in [6, 6.07) is 10.5. The van der Waals surface area contributed by atoms with Gasteiger partial charge in [-0.05, 0) is 36.4 Å². The van der Waals surface area contributed by atoms with Crippen molar-refractivity contribution in [1.82, 2.24) is 4.98 Å². The summed E-state index contributed by atoms with van der Waals surface area (Å²) in [5.74, 6) is -2.63. The zero-order chi connectivity index (χ0) is 25.1. The maximum absolute atomic E-state index is 13.2. The molecule has 0 fully saturated rings. The number of ether oxygens (including phenoxy) is 2. The van der Waals surface area contributed by atoms with Gasteiger partial charge in [0.25, 0.3) is 5.91 Å². The SMILES string of the molecule is N#Cc1cccc(NC(=O)c2cc(C(F)(F)F)cnc2Oc2ccc(OC(F)(F)F)cc2Cl)c1. The highest BCUT2D eigenvalue weighted by atomic mass is 35.5. The first-order chi connectivity index (χ1) is 15.9. The minimum Gasteiger partial charge on any atom is -0.437 e. The Kier molecular flexibility index (Phi) is 6.88. The molecule has 34 heavy (non-hydrogen) atoms. The first-order valence-electron chi connectivity index (χ1n) is 8.97. The summed E-state index contributed by atoms with van der Waals surface area (Å²) in [7, 11) is 0. The molecular formula is C21H10ClF6N3O3. The highest BCUT2D eigenvalue weighted by molar-refractivity contribution is 6.32. The van der Waals surface area contributed by atoms with E-state index in [2.05, 4.69) is 15.0 Å². The van der Waals surface area contributed by atoms with Crippen LogP contribution in [0.5, 0.6) is 17.4 Å². The summed E-state index contributed by atoms with van der Waals surface area (Å²) in [4.78, 5) is 16.3. The Morgan fingerprint density at radius 3 is 2.41 bits per heavy atom. The number of amides is 1. The lowest BCUT2D eigenvalue weighted by molar-refractivity contribution is -0.274. The standard InChI is InChI=1S/C21H10ClF6N3O3/c22-16-8-14(34-21(26,27)28)4-5-17(16)33-19-15(7-12(10-30-19)20(23,24)25)18(32)31-13-3-1-2-11(6-13)9-29/h1-8,10H,(H,31,32). The van der Waals surface area contributed by atoms with Crippen molar-refractivity contribution in [3.05, 3.63) is 76.4 Å². The minimum atomic E-state index is -4.98. The first kappa shape index (κ1) is 24.7. The average Bonchev–Trinajstić information content (AvgIpc) is 2.74. The van der Waals surface area contributed by atoms with E-state index in [0.717, 1.165) is 18.2 Å². The summed E-state index contributed by atoms with van der Waals surface area (Å²) >= 11 is 5.90. The van der Waals surface area contributed by atoms with Crippen molar-refractivity contribution in [3.8, 4) is 23.4 Å². The summed E-state index contributed by atoms with van der Waals surface area (Å²) in [6.45, 7) is 0. The Labute approximate surface area is 192 Å². The van der Waals surface area contributed by atoms with Crippen molar-refractivity contribution in [2.24, 2.45) is 0 Å². The van der Waals surface area contributed by atoms with Gasteiger partial charge in [0.2, 0.25) is 5.88 Å². The summed E-state index contributed by atoms with van der Waals surface area (Å²) in [5, 5.41) is 10.9. The molecule has 1 heterocycles. The van der Waals surface area contributed by atoms with E-state index >= 15 is 0 Å². The van der Waals surface area contributed by atoms with Gasteiger partial charge in [-0.15, -0.1) is 13.2 Å². The Morgan fingerprint density at radius 1 is 1.06 bits per heavy atom. The fourth-order valence-electron chi connectivity index (χ4n) is 2.58. The van der Waals surface area contributed by atoms with Gasteiger partial charge in [-0.3, -0.25) is 4.79 Å². The van der Waals surface area contributed by atoms with Gasteiger partial charge >= 0.3 is 12.5 Å². The molecule has 0 aliphatic carbocycles. The lowest BCUT2D eigenvalue weighted by atomic mass is 10.1. The number of hydrogen-bond donors (Lipinski definition) is 1. The van der Waals surface area contributed by atoms with Crippen LogP contribution in [0.4, 0.5) is 32.0 Å². The number of pyridine rings is 1. The highest BCUT2D eigenvalue weighted by Crippen LogP contribution is 2.37. The average molecular weight is 502 g/mol. The quantitative estimate of drug-likeness (QED) is 0.400. The molecule has 0 aliphatic rings. The molecule has 0 aliphatic heterocycles. The van der Waals surface area contributed by atoms with Crippen LogP contribution in [-0.2, 0) is 6.18 Å². The van der Waals surface area contributed by atoms with Crippen LogP contribution >= 0.6 is 11.6 Å². The predicted molar refractivity (Wildman–Crippen MR) is 107 cm³/mol. The number of alkyl halides is 6. The van der Waals surface area contributed by atoms with Gasteiger partial charge < -0.3 is 14.8 Å². The van der Waals surface area contributed by atoms with Gasteiger partial charge in [0, 0.05) is 18.0 Å². The maximum atomic E-state index is 13.2. The lowest BCUT2D eigenvalue weighted by Gasteiger charge is -2.15. The highest BCUT2D eigenvalue weighted by Gasteiger charge is 2.33. The van der Waals surface area contributed by atoms with Crippen molar-refractivity contribution in [3.63, 3.8) is 0 Å². The fraction of sp³-hybridized carbons (Fsp3) is 0.0952. The van der Waals surface area contributed by atoms with Crippen LogP contribution in [0, 0.1) is 11.3 Å². The van der Waals surface area contributed by atoms with E-state index in [1.165, 1.54) is 24.3 Å². The van der Waals surface area contributed by atoms with Crippen molar-refractivity contribution >= 4 is 23.2 Å². The first-order valence-corrected chi connectivity index (χ1v) is 9.35. The monoisotopic (exact) mass is 501 g/mol. The maximum Gasteiger partial charge on any atom is 0.573 e. The van der Waals surface area contributed by atoms with Gasteiger partial charge in [0.05, 0.1) is 22.2 Å². The lowest BCUT2D eigenvalue weighted by Crippen LogP contribution is -2.17. The molecule has 0 radical (unpaired) electrons. The van der Waals surface area contributed by atoms with Crippen LogP contribution in [-0.4, -0.2) is 17.3 Å². The molecule has 0 saturated carbocycles. The van der Waals surface area contributed by atoms with E-state index in [1.807, 2.05) is 6.07 Å². The second-order valence-corrected chi connectivity index (χ2v) is 6.87. The van der Waals surface area contributed by atoms with Crippen molar-refractivity contribution in [2.75, 3.05) is 5.32 Å². The Hall–Kier alpha value is -3.98. The zero-order valence-electron chi connectivity index (χ0n) is 16.5. The molecule has 3 aromatic rings. The Morgan fingerprint density at radius 2 is 1.79 bits per heavy atom. The third kappa shape index (κ3) is 6.29. The molecule has 0 unspecified atom stereocenters. The molecule has 0 saturated heterocycles. The van der Waals surface area contributed by atoms with E-state index in [0.29, 0.717) is 12.3 Å². The van der Waals surface area contributed by atoms with E-state index in [4.69, 9.17) is 21.6 Å². The second-order valence-electron chi connectivity index (χ2n) is 6.46. The normalized spacial score (nSPS) is 11.5. The van der Waals surface area contributed by atoms with Gasteiger partial charge in [0.15, 0.2) is 0 Å².